The van der Waals surface area contributed by atoms with Gasteiger partial charge in [-0.3, -0.25) is 14.2 Å². The van der Waals surface area contributed by atoms with Crippen molar-refractivity contribution < 1.29 is 18.0 Å². The minimum absolute atomic E-state index is 0.0195. The predicted octanol–water partition coefficient (Wildman–Crippen LogP) is 5.82. The smallest absolute Gasteiger partial charge is 0.266 e. The van der Waals surface area contributed by atoms with E-state index in [-0.39, 0.29) is 34.3 Å². The highest BCUT2D eigenvalue weighted by molar-refractivity contribution is 6.08. The molecule has 1 saturated carbocycles. The Balaban J connectivity index is 0.000000846. The third kappa shape index (κ3) is 4.88. The number of carbonyl (C=O) groups is 1. The highest BCUT2D eigenvalue weighted by Crippen LogP contribution is 2.25. The molecule has 1 aliphatic carbocycles. The van der Waals surface area contributed by atoms with E-state index < -0.39 is 28.9 Å². The predicted molar refractivity (Wildman–Crippen MR) is 126 cm³/mol. The zero-order chi connectivity index (χ0) is 24.2. The number of aromatic nitrogens is 1. The molecular weight excluding hydrogens is 441 g/mol. The maximum absolute atomic E-state index is 14.6. The Bertz CT molecular complexity index is 1420. The summed E-state index contributed by atoms with van der Waals surface area (Å²) in [4.78, 5) is 26.2. The van der Waals surface area contributed by atoms with Crippen molar-refractivity contribution in [2.45, 2.75) is 32.7 Å². The second-order valence-corrected chi connectivity index (χ2v) is 8.09. The normalized spacial score (nSPS) is 12.1. The fraction of sp³-hybridized carbons (Fsp3) is 0.185. The Morgan fingerprint density at radius 3 is 2.26 bits per heavy atom. The molecule has 5 rings (SSSR count). The van der Waals surface area contributed by atoms with Crippen LogP contribution in [0.2, 0.25) is 0 Å². The van der Waals surface area contributed by atoms with Crippen LogP contribution in [0.5, 0.6) is 0 Å². The summed E-state index contributed by atoms with van der Waals surface area (Å²) in [7, 11) is 0. The number of pyridine rings is 1. The summed E-state index contributed by atoms with van der Waals surface area (Å²) in [6.07, 6.45) is 4.50. The van der Waals surface area contributed by atoms with Crippen LogP contribution in [-0.4, -0.2) is 10.5 Å². The van der Waals surface area contributed by atoms with E-state index in [2.05, 4.69) is 5.32 Å². The summed E-state index contributed by atoms with van der Waals surface area (Å²) in [6, 6.07) is 15.3. The number of para-hydroxylation sites is 1. The maximum Gasteiger partial charge on any atom is 0.266 e. The molecule has 4 nitrogen and oxygen atoms in total. The maximum atomic E-state index is 14.6. The number of fused-ring (bicyclic) bond motifs is 1. The summed E-state index contributed by atoms with van der Waals surface area (Å²) < 4.78 is 43.5. The molecule has 0 atom stereocenters. The van der Waals surface area contributed by atoms with Gasteiger partial charge in [-0.2, -0.15) is 0 Å². The van der Waals surface area contributed by atoms with Crippen molar-refractivity contribution in [3.8, 4) is 5.69 Å². The van der Waals surface area contributed by atoms with Crippen LogP contribution in [0.1, 0.15) is 40.9 Å². The first kappa shape index (κ1) is 23.3. The molecule has 0 spiro atoms. The van der Waals surface area contributed by atoms with Gasteiger partial charge in [0.05, 0.1) is 16.6 Å². The Morgan fingerprint density at radius 1 is 0.912 bits per heavy atom. The lowest BCUT2D eigenvalue weighted by Gasteiger charge is -2.18. The molecule has 0 unspecified atom stereocenters. The van der Waals surface area contributed by atoms with Gasteiger partial charge in [-0.05, 0) is 42.8 Å². The molecule has 0 aliphatic heterocycles. The van der Waals surface area contributed by atoms with Crippen LogP contribution in [0.15, 0.2) is 71.5 Å². The zero-order valence-electron chi connectivity index (χ0n) is 18.6. The zero-order valence-corrected chi connectivity index (χ0v) is 18.6. The average molecular weight is 464 g/mol. The molecule has 0 bridgehead atoms. The van der Waals surface area contributed by atoms with Gasteiger partial charge < -0.3 is 5.32 Å². The van der Waals surface area contributed by atoms with Crippen LogP contribution in [0.3, 0.4) is 0 Å². The van der Waals surface area contributed by atoms with Crippen molar-refractivity contribution in [1.29, 1.82) is 0 Å². The molecule has 7 heteroatoms. The fourth-order valence-corrected chi connectivity index (χ4v) is 3.65. The van der Waals surface area contributed by atoms with E-state index in [1.54, 1.807) is 12.1 Å². The summed E-state index contributed by atoms with van der Waals surface area (Å²) in [5, 5.41) is 2.48. The van der Waals surface area contributed by atoms with Crippen molar-refractivity contribution in [1.82, 2.24) is 9.88 Å². The topological polar surface area (TPSA) is 51.1 Å². The van der Waals surface area contributed by atoms with Gasteiger partial charge in [-0.15, -0.1) is 0 Å². The molecule has 1 fully saturated rings. The third-order valence-electron chi connectivity index (χ3n) is 5.41. The number of amides is 1. The summed E-state index contributed by atoms with van der Waals surface area (Å²) in [6.45, 7) is 1.51. The summed E-state index contributed by atoms with van der Waals surface area (Å²) >= 11 is 0. The lowest BCUT2D eigenvalue weighted by Crippen LogP contribution is -2.30. The van der Waals surface area contributed by atoms with Crippen LogP contribution in [-0.2, 0) is 6.54 Å². The average Bonchev–Trinajstić information content (AvgIpc) is 3.69. The van der Waals surface area contributed by atoms with Gasteiger partial charge >= 0.3 is 0 Å². The molecule has 1 heterocycles. The van der Waals surface area contributed by atoms with Crippen LogP contribution >= 0.6 is 0 Å². The number of nitrogens with zero attached hydrogens (tertiary/aromatic N) is 1. The van der Waals surface area contributed by atoms with Crippen LogP contribution in [0.4, 0.5) is 13.2 Å². The van der Waals surface area contributed by atoms with Crippen LogP contribution in [0.25, 0.3) is 16.5 Å². The van der Waals surface area contributed by atoms with Crippen molar-refractivity contribution in [3.05, 3.63) is 111 Å². The molecule has 1 N–H and O–H groups in total. The standard InChI is InChI=1S/C24H17F3N2O2.C3H6/c1-14-21(23(30)28-13-15-6-4-7-16(25)12-15)17-8-5-10-19(27)22(17)24(31)29(14)20-11-3-2-9-18(20)26;1-2-3-1/h2-12H,13H2,1H3,(H,28,30);1-3H2. The second kappa shape index (κ2) is 9.95. The number of carbonyl (C=O) groups excluding carboxylic acids is 1. The van der Waals surface area contributed by atoms with Gasteiger partial charge in [0.1, 0.15) is 17.5 Å². The van der Waals surface area contributed by atoms with E-state index in [4.69, 9.17) is 0 Å². The van der Waals surface area contributed by atoms with Gasteiger partial charge in [0.25, 0.3) is 11.5 Å². The molecule has 4 aromatic rings. The van der Waals surface area contributed by atoms with Gasteiger partial charge in [-0.1, -0.05) is 55.7 Å². The minimum atomic E-state index is -0.813. The highest BCUT2D eigenvalue weighted by atomic mass is 19.1. The molecular formula is C27H23F3N2O2. The van der Waals surface area contributed by atoms with E-state index in [1.165, 1.54) is 74.7 Å². The molecule has 1 aromatic heterocycles. The van der Waals surface area contributed by atoms with Crippen LogP contribution < -0.4 is 10.9 Å². The molecule has 0 radical (unpaired) electrons. The van der Waals surface area contributed by atoms with Gasteiger partial charge in [0.15, 0.2) is 0 Å². The fourth-order valence-electron chi connectivity index (χ4n) is 3.65. The number of hydrogen-bond acceptors (Lipinski definition) is 2. The second-order valence-electron chi connectivity index (χ2n) is 8.09. The molecule has 34 heavy (non-hydrogen) atoms. The SMILES string of the molecule is C1CC1.Cc1c(C(=O)NCc2cccc(F)c2)c2cccc(F)c2c(=O)n1-c1ccccc1F. The lowest BCUT2D eigenvalue weighted by atomic mass is 10.0. The molecule has 0 saturated heterocycles. The Morgan fingerprint density at radius 2 is 1.59 bits per heavy atom. The van der Waals surface area contributed by atoms with E-state index in [9.17, 15) is 22.8 Å². The van der Waals surface area contributed by atoms with Gasteiger partial charge in [0, 0.05) is 17.6 Å². The number of rotatable bonds is 4. The van der Waals surface area contributed by atoms with Gasteiger partial charge in [0.2, 0.25) is 0 Å². The number of nitrogens with one attached hydrogen (secondary N) is 1. The summed E-state index contributed by atoms with van der Waals surface area (Å²) in [5.41, 5.74) is -0.130. The monoisotopic (exact) mass is 464 g/mol. The summed E-state index contributed by atoms with van der Waals surface area (Å²) in [5.74, 6) is -2.53. The Hall–Kier alpha value is -3.87. The Kier molecular flexibility index (Phi) is 6.82. The Labute approximate surface area is 194 Å². The van der Waals surface area contributed by atoms with E-state index in [0.717, 1.165) is 10.6 Å². The molecule has 3 aromatic carbocycles. The highest BCUT2D eigenvalue weighted by Gasteiger charge is 2.23. The van der Waals surface area contributed by atoms with Crippen molar-refractivity contribution >= 4 is 16.7 Å². The first-order chi connectivity index (χ1) is 16.4. The van der Waals surface area contributed by atoms with E-state index in [1.807, 2.05) is 0 Å². The number of hydrogen-bond donors (Lipinski definition) is 1. The van der Waals surface area contributed by atoms with Crippen molar-refractivity contribution in [2.75, 3.05) is 0 Å². The van der Waals surface area contributed by atoms with Crippen molar-refractivity contribution in [3.63, 3.8) is 0 Å². The lowest BCUT2D eigenvalue weighted by molar-refractivity contribution is 0.0951. The number of benzene rings is 3. The van der Waals surface area contributed by atoms with E-state index >= 15 is 0 Å². The first-order valence-corrected chi connectivity index (χ1v) is 11.0. The van der Waals surface area contributed by atoms with Crippen LogP contribution in [0, 0.1) is 24.4 Å². The van der Waals surface area contributed by atoms with Gasteiger partial charge in [-0.25, -0.2) is 13.2 Å². The number of halogens is 3. The quantitative estimate of drug-likeness (QED) is 0.414. The third-order valence-corrected chi connectivity index (χ3v) is 5.41. The molecule has 174 valence electrons. The molecule has 1 amide bonds. The van der Waals surface area contributed by atoms with Crippen molar-refractivity contribution in [2.24, 2.45) is 0 Å². The first-order valence-electron chi connectivity index (χ1n) is 11.0. The molecule has 1 aliphatic rings. The minimum Gasteiger partial charge on any atom is -0.348 e. The van der Waals surface area contributed by atoms with E-state index in [0.29, 0.717) is 5.56 Å². The largest absolute Gasteiger partial charge is 0.348 e.